The van der Waals surface area contributed by atoms with E-state index < -0.39 is 11.0 Å². The van der Waals surface area contributed by atoms with Gasteiger partial charge in [0.05, 0.1) is 21.4 Å². The van der Waals surface area contributed by atoms with Gasteiger partial charge in [0.1, 0.15) is 5.75 Å². The number of β-amino-alcohol motifs (C(OH)–C–C–N with tert-alkyl or cyclic N) is 1. The third-order valence-corrected chi connectivity index (χ3v) is 7.98. The van der Waals surface area contributed by atoms with Gasteiger partial charge in [-0.05, 0) is 61.1 Å². The lowest BCUT2D eigenvalue weighted by molar-refractivity contribution is -0.383. The van der Waals surface area contributed by atoms with E-state index in [0.29, 0.717) is 24.8 Å². The number of fused-ring (bicyclic) bond motifs is 4. The van der Waals surface area contributed by atoms with Gasteiger partial charge < -0.3 is 20.1 Å². The van der Waals surface area contributed by atoms with Gasteiger partial charge in [0.25, 0.3) is 5.69 Å². The van der Waals surface area contributed by atoms with Gasteiger partial charge in [0.15, 0.2) is 0 Å². The van der Waals surface area contributed by atoms with E-state index >= 15 is 0 Å². The third kappa shape index (κ3) is 2.88. The molecule has 6 rings (SSSR count). The van der Waals surface area contributed by atoms with Gasteiger partial charge in [-0.1, -0.05) is 18.2 Å². The summed E-state index contributed by atoms with van der Waals surface area (Å²) in [6.45, 7) is 2.43. The first-order chi connectivity index (χ1) is 15.4. The summed E-state index contributed by atoms with van der Waals surface area (Å²) in [5, 5.41) is 34.9. The van der Waals surface area contributed by atoms with Gasteiger partial charge in [0.2, 0.25) is 0 Å². The lowest BCUT2D eigenvalue weighted by Gasteiger charge is -2.56. The summed E-state index contributed by atoms with van der Waals surface area (Å²) in [4.78, 5) is 17.2. The molecular weight excluding hydrogens is 406 g/mol. The van der Waals surface area contributed by atoms with Gasteiger partial charge in [-0.15, -0.1) is 0 Å². The van der Waals surface area contributed by atoms with Crippen LogP contribution in [0.2, 0.25) is 0 Å². The molecule has 7 heteroatoms. The van der Waals surface area contributed by atoms with Crippen molar-refractivity contribution in [3.8, 4) is 5.75 Å². The number of nitro groups is 1. The number of aromatic nitrogens is 1. The van der Waals surface area contributed by atoms with Crippen molar-refractivity contribution in [1.82, 2.24) is 9.88 Å². The summed E-state index contributed by atoms with van der Waals surface area (Å²) in [5.74, 6) is 0.915. The van der Waals surface area contributed by atoms with Crippen LogP contribution in [0, 0.1) is 16.0 Å². The lowest BCUT2D eigenvalue weighted by atomic mass is 9.56. The van der Waals surface area contributed by atoms with E-state index in [1.165, 1.54) is 18.9 Å². The Hall–Kier alpha value is -2.90. The average molecular weight is 434 g/mol. The summed E-state index contributed by atoms with van der Waals surface area (Å²) in [6.07, 6.45) is 4.20. The highest BCUT2D eigenvalue weighted by atomic mass is 16.6. The van der Waals surface area contributed by atoms with Crippen LogP contribution in [0.4, 0.5) is 5.69 Å². The Bertz CT molecular complexity index is 1230. The number of nitro benzene ring substituents is 1. The third-order valence-electron chi connectivity index (χ3n) is 7.98. The summed E-state index contributed by atoms with van der Waals surface area (Å²) < 4.78 is 0. The van der Waals surface area contributed by atoms with E-state index in [4.69, 9.17) is 0 Å². The van der Waals surface area contributed by atoms with Crippen molar-refractivity contribution in [1.29, 1.82) is 0 Å². The van der Waals surface area contributed by atoms with Crippen LogP contribution in [0.5, 0.6) is 5.75 Å². The number of H-pyrrole nitrogens is 1. The van der Waals surface area contributed by atoms with E-state index in [2.05, 4.69) is 9.88 Å². The molecule has 2 atom stereocenters. The Morgan fingerprint density at radius 2 is 2.00 bits per heavy atom. The Balaban J connectivity index is 1.52. The number of rotatable bonds is 4. The number of piperidine rings is 1. The Labute approximate surface area is 185 Å². The first-order valence-corrected chi connectivity index (χ1v) is 11.4. The first kappa shape index (κ1) is 19.8. The standard InChI is InChI=1S/C25H27N3O4/c29-18-4-1-3-17(11-18)24-9-10-27(14-16-7-8-16)15-25(24,30)12-19-21(13-24)26-20-5-2-6-22(23(19)20)28(31)32/h1-6,11,16,26,29-30H,7-10,12-15H2. The van der Waals surface area contributed by atoms with Gasteiger partial charge >= 0.3 is 0 Å². The molecule has 2 heterocycles. The van der Waals surface area contributed by atoms with Crippen molar-refractivity contribution in [2.45, 2.75) is 43.1 Å². The molecule has 3 aromatic rings. The van der Waals surface area contributed by atoms with E-state index in [1.54, 1.807) is 18.2 Å². The minimum atomic E-state index is -1.08. The summed E-state index contributed by atoms with van der Waals surface area (Å²) in [6, 6.07) is 12.4. The zero-order valence-corrected chi connectivity index (χ0v) is 17.9. The average Bonchev–Trinajstić information content (AvgIpc) is 3.50. The molecule has 3 aliphatic rings. The molecule has 0 radical (unpaired) electrons. The molecule has 166 valence electrons. The van der Waals surface area contributed by atoms with Crippen molar-refractivity contribution >= 4 is 16.6 Å². The zero-order chi connectivity index (χ0) is 22.1. The van der Waals surface area contributed by atoms with Crippen LogP contribution in [-0.4, -0.2) is 50.3 Å². The maximum absolute atomic E-state index is 12.3. The molecule has 2 unspecified atom stereocenters. The van der Waals surface area contributed by atoms with Crippen molar-refractivity contribution in [2.75, 3.05) is 19.6 Å². The van der Waals surface area contributed by atoms with Crippen molar-refractivity contribution in [3.63, 3.8) is 0 Å². The number of phenolic OH excluding ortho intramolecular Hbond substituents is 1. The quantitative estimate of drug-likeness (QED) is 0.430. The Morgan fingerprint density at radius 3 is 2.75 bits per heavy atom. The second-order valence-corrected chi connectivity index (χ2v) is 9.98. The highest BCUT2D eigenvalue weighted by Gasteiger charge is 2.58. The van der Waals surface area contributed by atoms with Crippen LogP contribution in [0.1, 0.15) is 36.1 Å². The van der Waals surface area contributed by atoms with Gasteiger partial charge in [-0.2, -0.15) is 0 Å². The fourth-order valence-corrected chi connectivity index (χ4v) is 6.24. The summed E-state index contributed by atoms with van der Waals surface area (Å²) in [5.41, 5.74) is 1.93. The van der Waals surface area contributed by atoms with Crippen LogP contribution < -0.4 is 0 Å². The highest BCUT2D eigenvalue weighted by molar-refractivity contribution is 5.93. The number of hydrogen-bond acceptors (Lipinski definition) is 5. The van der Waals surface area contributed by atoms with Crippen molar-refractivity contribution < 1.29 is 15.1 Å². The Kier molecular flexibility index (Phi) is 4.20. The van der Waals surface area contributed by atoms with Crippen molar-refractivity contribution in [2.24, 2.45) is 5.92 Å². The molecule has 3 N–H and O–H groups in total. The number of likely N-dealkylation sites (tertiary alicyclic amines) is 1. The first-order valence-electron chi connectivity index (χ1n) is 11.4. The second kappa shape index (κ2) is 6.80. The maximum atomic E-state index is 12.3. The minimum absolute atomic E-state index is 0.0825. The number of benzene rings is 2. The number of phenols is 1. The molecule has 1 saturated heterocycles. The fraction of sp³-hybridized carbons (Fsp3) is 0.440. The molecule has 2 aromatic carbocycles. The molecule has 0 bridgehead atoms. The number of aromatic amines is 1. The predicted octanol–water partition coefficient (Wildman–Crippen LogP) is 3.67. The molecule has 0 amide bonds. The van der Waals surface area contributed by atoms with E-state index in [1.807, 2.05) is 18.2 Å². The minimum Gasteiger partial charge on any atom is -0.508 e. The molecule has 1 saturated carbocycles. The zero-order valence-electron chi connectivity index (χ0n) is 17.9. The van der Waals surface area contributed by atoms with Crippen LogP contribution in [-0.2, 0) is 18.3 Å². The molecule has 1 aliphatic heterocycles. The van der Waals surface area contributed by atoms with Gasteiger partial charge in [0, 0.05) is 43.1 Å². The summed E-state index contributed by atoms with van der Waals surface area (Å²) >= 11 is 0. The summed E-state index contributed by atoms with van der Waals surface area (Å²) in [7, 11) is 0. The van der Waals surface area contributed by atoms with Crippen molar-refractivity contribution in [3.05, 3.63) is 69.4 Å². The number of aromatic hydroxyl groups is 1. The number of nitrogens with one attached hydrogen (secondary N) is 1. The smallest absolute Gasteiger partial charge is 0.279 e. The molecule has 1 aromatic heterocycles. The fourth-order valence-electron chi connectivity index (χ4n) is 6.24. The SMILES string of the molecule is O=[N+]([O-])c1cccc2[nH]c3c(c12)CC1(O)CN(CC2CC2)CCC1(c1cccc(O)c1)C3. The normalized spacial score (nSPS) is 27.8. The number of hydrogen-bond donors (Lipinski definition) is 3. The monoisotopic (exact) mass is 433 g/mol. The van der Waals surface area contributed by atoms with Gasteiger partial charge in [-0.25, -0.2) is 0 Å². The van der Waals surface area contributed by atoms with E-state index in [0.717, 1.165) is 47.8 Å². The topological polar surface area (TPSA) is 103 Å². The second-order valence-electron chi connectivity index (χ2n) is 9.98. The maximum Gasteiger partial charge on any atom is 0.279 e. The van der Waals surface area contributed by atoms with Crippen LogP contribution in [0.25, 0.3) is 10.9 Å². The highest BCUT2D eigenvalue weighted by Crippen LogP contribution is 2.52. The van der Waals surface area contributed by atoms with Gasteiger partial charge in [-0.3, -0.25) is 10.1 Å². The van der Waals surface area contributed by atoms with E-state index in [-0.39, 0.29) is 16.4 Å². The molecule has 7 nitrogen and oxygen atoms in total. The molecule has 2 fully saturated rings. The Morgan fingerprint density at radius 1 is 1.19 bits per heavy atom. The van der Waals surface area contributed by atoms with E-state index in [9.17, 15) is 20.3 Å². The number of aliphatic hydroxyl groups is 1. The van der Waals surface area contributed by atoms with Crippen LogP contribution >= 0.6 is 0 Å². The molecule has 32 heavy (non-hydrogen) atoms. The molecule has 2 aliphatic carbocycles. The largest absolute Gasteiger partial charge is 0.508 e. The van der Waals surface area contributed by atoms with Crippen LogP contribution in [0.15, 0.2) is 42.5 Å². The lowest BCUT2D eigenvalue weighted by Crippen LogP contribution is -2.66. The van der Waals surface area contributed by atoms with Crippen LogP contribution in [0.3, 0.4) is 0 Å². The number of nitrogens with zero attached hydrogens (tertiary/aromatic N) is 2. The predicted molar refractivity (Wildman–Crippen MR) is 121 cm³/mol. The molecule has 0 spiro atoms. The molecular formula is C25H27N3O4. The number of non-ortho nitro benzene ring substituents is 1.